The molecule has 10 nitrogen and oxygen atoms in total. The van der Waals surface area contributed by atoms with E-state index < -0.39 is 42.3 Å². The number of nitrogens with one attached hydrogen (secondary N) is 1. The number of hydrogen-bond donors (Lipinski definition) is 2. The highest BCUT2D eigenvalue weighted by Crippen LogP contribution is 2.15. The summed E-state index contributed by atoms with van der Waals surface area (Å²) >= 11 is 0. The Balaban J connectivity index is 2.99. The molecule has 0 aliphatic heterocycles. The molecule has 3 N–H and O–H groups in total. The van der Waals surface area contributed by atoms with Gasteiger partial charge in [0.1, 0.15) is 24.8 Å². The zero-order chi connectivity index (χ0) is 24.1. The lowest BCUT2D eigenvalue weighted by molar-refractivity contribution is -0.151. The summed E-state index contributed by atoms with van der Waals surface area (Å²) in [4.78, 5) is 50.7. The molecule has 0 aliphatic rings. The number of rotatable bonds is 10. The van der Waals surface area contributed by atoms with Gasteiger partial charge in [0.15, 0.2) is 0 Å². The summed E-state index contributed by atoms with van der Waals surface area (Å²) in [6.45, 7) is 4.74. The molecule has 0 saturated heterocycles. The second-order valence-corrected chi connectivity index (χ2v) is 7.98. The van der Waals surface area contributed by atoms with Crippen LogP contribution in [0, 0.1) is 0 Å². The highest BCUT2D eigenvalue weighted by atomic mass is 16.6. The molecule has 0 saturated carbocycles. The second-order valence-electron chi connectivity index (χ2n) is 7.98. The van der Waals surface area contributed by atoms with Crippen molar-refractivity contribution in [3.05, 3.63) is 35.9 Å². The number of unbranched alkanes of at least 4 members (excludes halogenated alkanes) is 1. The van der Waals surface area contributed by atoms with E-state index in [1.807, 2.05) is 6.07 Å². The molecule has 0 fully saturated rings. The Hall–Kier alpha value is -3.14. The molecule has 10 heteroatoms. The van der Waals surface area contributed by atoms with E-state index in [2.05, 4.69) is 5.32 Å². The summed E-state index contributed by atoms with van der Waals surface area (Å²) in [6, 6.07) is 7.66. The van der Waals surface area contributed by atoms with Crippen LogP contribution in [0.2, 0.25) is 0 Å². The van der Waals surface area contributed by atoms with Crippen molar-refractivity contribution in [3.8, 4) is 0 Å². The Labute approximate surface area is 188 Å². The van der Waals surface area contributed by atoms with E-state index >= 15 is 0 Å². The Bertz CT molecular complexity index is 763. The number of carbonyl (C=O) groups excluding carboxylic acids is 4. The maximum atomic E-state index is 12.9. The third-order valence-electron chi connectivity index (χ3n) is 4.17. The number of methoxy groups -OCH3 is 1. The third kappa shape index (κ3) is 9.78. The molecule has 0 unspecified atom stereocenters. The quantitative estimate of drug-likeness (QED) is 0.314. The van der Waals surface area contributed by atoms with Crippen LogP contribution < -0.4 is 11.1 Å². The molecule has 0 bridgehead atoms. The van der Waals surface area contributed by atoms with Crippen LogP contribution in [0.15, 0.2) is 30.3 Å². The fourth-order valence-corrected chi connectivity index (χ4v) is 2.71. The van der Waals surface area contributed by atoms with Crippen molar-refractivity contribution in [1.29, 1.82) is 0 Å². The van der Waals surface area contributed by atoms with Crippen molar-refractivity contribution in [2.45, 2.75) is 58.3 Å². The predicted molar refractivity (Wildman–Crippen MR) is 116 cm³/mol. The predicted octanol–water partition coefficient (Wildman–Crippen LogP) is 2.35. The first kappa shape index (κ1) is 26.9. The van der Waals surface area contributed by atoms with Crippen LogP contribution in [0.4, 0.5) is 9.59 Å². The van der Waals surface area contributed by atoms with E-state index in [1.165, 1.54) is 0 Å². The smallest absolute Gasteiger partial charge is 0.417 e. The Morgan fingerprint density at radius 2 is 1.75 bits per heavy atom. The number of ether oxygens (including phenoxy) is 3. The van der Waals surface area contributed by atoms with E-state index in [0.29, 0.717) is 29.8 Å². The average molecular weight is 452 g/mol. The van der Waals surface area contributed by atoms with Crippen LogP contribution in [0.3, 0.4) is 0 Å². The number of imide groups is 1. The number of esters is 1. The van der Waals surface area contributed by atoms with Crippen molar-refractivity contribution < 1.29 is 33.4 Å². The van der Waals surface area contributed by atoms with Gasteiger partial charge in [-0.2, -0.15) is 0 Å². The fourth-order valence-electron chi connectivity index (χ4n) is 2.71. The Kier molecular flexibility index (Phi) is 11.2. The van der Waals surface area contributed by atoms with Gasteiger partial charge < -0.3 is 25.3 Å². The molecule has 0 aromatic heterocycles. The number of amides is 3. The highest BCUT2D eigenvalue weighted by Gasteiger charge is 2.36. The van der Waals surface area contributed by atoms with Gasteiger partial charge in [-0.05, 0) is 52.1 Å². The largest absolute Gasteiger partial charge is 0.467 e. The van der Waals surface area contributed by atoms with Crippen molar-refractivity contribution >= 4 is 24.1 Å². The SMILES string of the molecule is COC(=O)[C@H](CCCCN)N(C(=O)CNC(=O)OC(C)(C)C)C(=O)OCc1ccccc1. The van der Waals surface area contributed by atoms with Crippen LogP contribution in [0.1, 0.15) is 45.6 Å². The summed E-state index contributed by atoms with van der Waals surface area (Å²) < 4.78 is 15.2. The zero-order valence-corrected chi connectivity index (χ0v) is 19.1. The molecule has 32 heavy (non-hydrogen) atoms. The van der Waals surface area contributed by atoms with Crippen LogP contribution in [0.5, 0.6) is 0 Å². The minimum absolute atomic E-state index is 0.0976. The first-order valence-electron chi connectivity index (χ1n) is 10.4. The topological polar surface area (TPSA) is 137 Å². The molecule has 0 aliphatic carbocycles. The lowest BCUT2D eigenvalue weighted by atomic mass is 10.1. The van der Waals surface area contributed by atoms with Gasteiger partial charge in [-0.1, -0.05) is 30.3 Å². The molecule has 0 spiro atoms. The number of nitrogens with two attached hydrogens (primary N) is 1. The second kappa shape index (κ2) is 13.3. The summed E-state index contributed by atoms with van der Waals surface area (Å²) in [5.41, 5.74) is 5.45. The van der Waals surface area contributed by atoms with Gasteiger partial charge in [0.05, 0.1) is 7.11 Å². The summed E-state index contributed by atoms with van der Waals surface area (Å²) in [5.74, 6) is -1.61. The minimum Gasteiger partial charge on any atom is -0.467 e. The molecule has 1 atom stereocenters. The lowest BCUT2D eigenvalue weighted by Crippen LogP contribution is -2.52. The van der Waals surface area contributed by atoms with Crippen molar-refractivity contribution in [2.75, 3.05) is 20.2 Å². The monoisotopic (exact) mass is 451 g/mol. The van der Waals surface area contributed by atoms with Crippen molar-refractivity contribution in [3.63, 3.8) is 0 Å². The molecule has 1 aromatic carbocycles. The third-order valence-corrected chi connectivity index (χ3v) is 4.17. The molecular formula is C22H33N3O7. The maximum absolute atomic E-state index is 12.9. The normalized spacial score (nSPS) is 11.8. The van der Waals surface area contributed by atoms with Gasteiger partial charge in [0, 0.05) is 0 Å². The molecule has 0 heterocycles. The Morgan fingerprint density at radius 1 is 1.09 bits per heavy atom. The van der Waals surface area contributed by atoms with Crippen LogP contribution >= 0.6 is 0 Å². The van der Waals surface area contributed by atoms with Crippen LogP contribution in [-0.2, 0) is 30.4 Å². The number of carbonyl (C=O) groups is 4. The fraction of sp³-hybridized carbons (Fsp3) is 0.545. The number of alkyl carbamates (subject to hydrolysis) is 1. The van der Waals surface area contributed by atoms with Gasteiger partial charge in [-0.25, -0.2) is 19.3 Å². The van der Waals surface area contributed by atoms with E-state index in [4.69, 9.17) is 19.9 Å². The molecule has 1 aromatic rings. The molecule has 178 valence electrons. The van der Waals surface area contributed by atoms with E-state index in [-0.39, 0.29) is 13.0 Å². The zero-order valence-electron chi connectivity index (χ0n) is 19.1. The molecule has 0 radical (unpaired) electrons. The standard InChI is InChI=1S/C22H33N3O7/c1-22(2,3)32-20(28)24-14-18(26)25(17(19(27)30-4)12-8-9-13-23)21(29)31-15-16-10-6-5-7-11-16/h5-7,10-11,17H,8-9,12-15,23H2,1-4H3,(H,24,28)/t17-/m0/s1. The highest BCUT2D eigenvalue weighted by molar-refractivity contribution is 5.98. The van der Waals surface area contributed by atoms with Gasteiger partial charge in [0.2, 0.25) is 0 Å². The number of hydrogen-bond acceptors (Lipinski definition) is 8. The van der Waals surface area contributed by atoms with Crippen LogP contribution in [-0.4, -0.2) is 60.8 Å². The van der Waals surface area contributed by atoms with Gasteiger partial charge in [-0.3, -0.25) is 4.79 Å². The summed E-state index contributed by atoms with van der Waals surface area (Å²) in [7, 11) is 1.16. The van der Waals surface area contributed by atoms with E-state index in [1.54, 1.807) is 45.0 Å². The van der Waals surface area contributed by atoms with Gasteiger partial charge >= 0.3 is 18.2 Å². The summed E-state index contributed by atoms with van der Waals surface area (Å²) in [6.07, 6.45) is -0.646. The van der Waals surface area contributed by atoms with Crippen molar-refractivity contribution in [2.24, 2.45) is 5.73 Å². The van der Waals surface area contributed by atoms with Gasteiger partial charge in [-0.15, -0.1) is 0 Å². The summed E-state index contributed by atoms with van der Waals surface area (Å²) in [5, 5.41) is 2.29. The van der Waals surface area contributed by atoms with E-state index in [9.17, 15) is 19.2 Å². The molecule has 1 rings (SSSR count). The van der Waals surface area contributed by atoms with Crippen LogP contribution in [0.25, 0.3) is 0 Å². The Morgan fingerprint density at radius 3 is 2.31 bits per heavy atom. The molecule has 3 amide bonds. The first-order valence-corrected chi connectivity index (χ1v) is 10.4. The number of benzene rings is 1. The first-order chi connectivity index (χ1) is 15.1. The van der Waals surface area contributed by atoms with E-state index in [0.717, 1.165) is 7.11 Å². The van der Waals surface area contributed by atoms with Crippen molar-refractivity contribution in [1.82, 2.24) is 10.2 Å². The number of nitrogens with zero attached hydrogens (tertiary/aromatic N) is 1. The maximum Gasteiger partial charge on any atom is 0.417 e. The molecular weight excluding hydrogens is 418 g/mol. The lowest BCUT2D eigenvalue weighted by Gasteiger charge is -2.28. The van der Waals surface area contributed by atoms with Gasteiger partial charge in [0.25, 0.3) is 5.91 Å². The average Bonchev–Trinajstić information content (AvgIpc) is 2.74. The minimum atomic E-state index is -1.22.